The second-order valence-electron chi connectivity index (χ2n) is 4.23. The normalized spacial score (nSPS) is 10.8. The molecule has 106 valence electrons. The minimum Gasteiger partial charge on any atom is -0.399 e. The zero-order chi connectivity index (χ0) is 15.0. The lowest BCUT2D eigenvalue weighted by Crippen LogP contribution is -2.01. The second kappa shape index (κ2) is 5.52. The van der Waals surface area contributed by atoms with E-state index in [0.29, 0.717) is 37.8 Å². The third-order valence-corrected chi connectivity index (χ3v) is 3.98. The molecule has 0 saturated carbocycles. The van der Waals surface area contributed by atoms with Crippen molar-refractivity contribution in [3.63, 3.8) is 0 Å². The maximum atomic E-state index is 6.21. The van der Waals surface area contributed by atoms with Gasteiger partial charge < -0.3 is 5.73 Å². The van der Waals surface area contributed by atoms with Gasteiger partial charge in [0.05, 0.1) is 20.8 Å². The zero-order valence-electron chi connectivity index (χ0n) is 10.5. The van der Waals surface area contributed by atoms with Gasteiger partial charge in [-0.15, -0.1) is 5.10 Å². The average molecular weight is 341 g/mol. The number of nitrogens with zero attached hydrogens (tertiary/aromatic N) is 4. The Morgan fingerprint density at radius 3 is 2.57 bits per heavy atom. The van der Waals surface area contributed by atoms with Crippen LogP contribution in [-0.2, 0) is 0 Å². The summed E-state index contributed by atoms with van der Waals surface area (Å²) in [4.78, 5) is 0. The summed E-state index contributed by atoms with van der Waals surface area (Å²) in [6, 6.07) is 10.3. The molecule has 0 radical (unpaired) electrons. The summed E-state index contributed by atoms with van der Waals surface area (Å²) in [5, 5.41) is 12.9. The van der Waals surface area contributed by atoms with Crippen LogP contribution in [0.25, 0.3) is 17.1 Å². The molecule has 0 saturated heterocycles. The molecule has 8 heteroatoms. The van der Waals surface area contributed by atoms with Gasteiger partial charge in [0.15, 0.2) is 5.82 Å². The van der Waals surface area contributed by atoms with Crippen molar-refractivity contribution in [1.82, 2.24) is 20.2 Å². The van der Waals surface area contributed by atoms with Gasteiger partial charge in [-0.3, -0.25) is 0 Å². The van der Waals surface area contributed by atoms with E-state index in [0.717, 1.165) is 0 Å². The molecule has 0 aliphatic carbocycles. The predicted octanol–water partition coefficient (Wildman–Crippen LogP) is 3.87. The van der Waals surface area contributed by atoms with E-state index >= 15 is 0 Å². The van der Waals surface area contributed by atoms with Gasteiger partial charge in [0.25, 0.3) is 0 Å². The maximum absolute atomic E-state index is 6.21. The predicted molar refractivity (Wildman–Crippen MR) is 84.0 cm³/mol. The minimum atomic E-state index is 0.360. The van der Waals surface area contributed by atoms with Gasteiger partial charge in [0, 0.05) is 11.3 Å². The van der Waals surface area contributed by atoms with E-state index in [-0.39, 0.29) is 0 Å². The van der Waals surface area contributed by atoms with Crippen molar-refractivity contribution in [1.29, 1.82) is 0 Å². The van der Waals surface area contributed by atoms with Crippen LogP contribution in [0.4, 0.5) is 5.69 Å². The molecule has 0 fully saturated rings. The molecule has 0 unspecified atom stereocenters. The largest absolute Gasteiger partial charge is 0.399 e. The second-order valence-corrected chi connectivity index (χ2v) is 5.42. The Morgan fingerprint density at radius 2 is 1.81 bits per heavy atom. The number of tetrazole rings is 1. The zero-order valence-corrected chi connectivity index (χ0v) is 12.7. The van der Waals surface area contributed by atoms with Crippen LogP contribution in [0.5, 0.6) is 0 Å². The highest BCUT2D eigenvalue weighted by Crippen LogP contribution is 2.33. The average Bonchev–Trinajstić information content (AvgIpc) is 2.91. The first kappa shape index (κ1) is 14.1. The minimum absolute atomic E-state index is 0.360. The molecule has 1 heterocycles. The number of anilines is 1. The molecule has 0 spiro atoms. The quantitative estimate of drug-likeness (QED) is 0.719. The van der Waals surface area contributed by atoms with Crippen molar-refractivity contribution in [2.24, 2.45) is 0 Å². The van der Waals surface area contributed by atoms with Crippen LogP contribution >= 0.6 is 34.8 Å². The monoisotopic (exact) mass is 339 g/mol. The SMILES string of the molecule is Nc1ccc(-c2nnnn2-c2cccc(Cl)c2Cl)c(Cl)c1. The van der Waals surface area contributed by atoms with Crippen LogP contribution in [0.2, 0.25) is 15.1 Å². The smallest absolute Gasteiger partial charge is 0.188 e. The van der Waals surface area contributed by atoms with E-state index in [2.05, 4.69) is 15.5 Å². The van der Waals surface area contributed by atoms with Crippen molar-refractivity contribution >= 4 is 40.5 Å². The topological polar surface area (TPSA) is 69.6 Å². The van der Waals surface area contributed by atoms with Gasteiger partial charge in [0.2, 0.25) is 0 Å². The molecule has 2 aromatic carbocycles. The standard InChI is InChI=1S/C13H8Cl3N5/c14-9-2-1-3-11(12(9)16)21-13(18-19-20-21)8-5-4-7(17)6-10(8)15/h1-6H,17H2. The first-order chi connectivity index (χ1) is 10.1. The van der Waals surface area contributed by atoms with E-state index in [1.807, 2.05) is 0 Å². The molecule has 0 atom stereocenters. The number of aromatic nitrogens is 4. The summed E-state index contributed by atoms with van der Waals surface area (Å²) in [5.41, 5.74) is 7.46. The molecule has 2 N–H and O–H groups in total. The van der Waals surface area contributed by atoms with Crippen molar-refractivity contribution in [2.75, 3.05) is 5.73 Å². The number of halogens is 3. The Balaban J connectivity index is 2.20. The van der Waals surface area contributed by atoms with Gasteiger partial charge in [-0.1, -0.05) is 40.9 Å². The molecule has 3 aromatic rings. The fraction of sp³-hybridized carbons (Fsp3) is 0. The first-order valence-corrected chi connectivity index (χ1v) is 6.99. The summed E-state index contributed by atoms with van der Waals surface area (Å²) < 4.78 is 1.48. The van der Waals surface area contributed by atoms with Crippen LogP contribution in [-0.4, -0.2) is 20.2 Å². The van der Waals surface area contributed by atoms with Crippen LogP contribution in [0, 0.1) is 0 Å². The Labute approximate surface area is 135 Å². The summed E-state index contributed by atoms with van der Waals surface area (Å²) >= 11 is 18.4. The molecule has 1 aromatic heterocycles. The Kier molecular flexibility index (Phi) is 3.71. The molecular formula is C13H8Cl3N5. The van der Waals surface area contributed by atoms with Crippen molar-refractivity contribution in [3.05, 3.63) is 51.5 Å². The highest BCUT2D eigenvalue weighted by molar-refractivity contribution is 6.43. The van der Waals surface area contributed by atoms with E-state index in [1.165, 1.54) is 4.68 Å². The Hall–Kier alpha value is -1.82. The van der Waals surface area contributed by atoms with Crippen molar-refractivity contribution in [3.8, 4) is 17.1 Å². The number of hydrogen-bond donors (Lipinski definition) is 1. The lowest BCUT2D eigenvalue weighted by molar-refractivity contribution is 0.791. The maximum Gasteiger partial charge on any atom is 0.188 e. The van der Waals surface area contributed by atoms with Gasteiger partial charge in [0.1, 0.15) is 0 Å². The summed E-state index contributed by atoms with van der Waals surface area (Å²) in [6.45, 7) is 0. The van der Waals surface area contributed by atoms with Crippen LogP contribution in [0.3, 0.4) is 0 Å². The Morgan fingerprint density at radius 1 is 1.00 bits per heavy atom. The summed E-state index contributed by atoms with van der Waals surface area (Å²) in [5.74, 6) is 0.448. The number of benzene rings is 2. The van der Waals surface area contributed by atoms with Gasteiger partial charge in [-0.2, -0.15) is 4.68 Å². The third-order valence-electron chi connectivity index (χ3n) is 2.86. The van der Waals surface area contributed by atoms with E-state index in [9.17, 15) is 0 Å². The van der Waals surface area contributed by atoms with Crippen molar-refractivity contribution < 1.29 is 0 Å². The lowest BCUT2D eigenvalue weighted by atomic mass is 10.2. The number of hydrogen-bond acceptors (Lipinski definition) is 4. The Bertz CT molecular complexity index is 815. The van der Waals surface area contributed by atoms with Gasteiger partial charge in [-0.05, 0) is 40.8 Å². The summed E-state index contributed by atoms with van der Waals surface area (Å²) in [7, 11) is 0. The van der Waals surface area contributed by atoms with Crippen molar-refractivity contribution in [2.45, 2.75) is 0 Å². The van der Waals surface area contributed by atoms with Crippen LogP contribution in [0.15, 0.2) is 36.4 Å². The van der Waals surface area contributed by atoms with Gasteiger partial charge >= 0.3 is 0 Å². The van der Waals surface area contributed by atoms with Crippen LogP contribution in [0.1, 0.15) is 0 Å². The van der Waals surface area contributed by atoms with E-state index in [1.54, 1.807) is 36.4 Å². The number of nitrogens with two attached hydrogens (primary N) is 1. The molecule has 0 aliphatic heterocycles. The highest BCUT2D eigenvalue weighted by atomic mass is 35.5. The molecule has 0 bridgehead atoms. The van der Waals surface area contributed by atoms with Gasteiger partial charge in [-0.25, -0.2) is 0 Å². The number of rotatable bonds is 2. The molecule has 0 amide bonds. The third kappa shape index (κ3) is 2.55. The molecule has 3 rings (SSSR count). The van der Waals surface area contributed by atoms with E-state index in [4.69, 9.17) is 40.5 Å². The first-order valence-electron chi connectivity index (χ1n) is 5.86. The molecule has 0 aliphatic rings. The highest BCUT2D eigenvalue weighted by Gasteiger charge is 2.16. The molecule has 21 heavy (non-hydrogen) atoms. The van der Waals surface area contributed by atoms with E-state index < -0.39 is 0 Å². The molecular weight excluding hydrogens is 333 g/mol. The fourth-order valence-electron chi connectivity index (χ4n) is 1.89. The summed E-state index contributed by atoms with van der Waals surface area (Å²) in [6.07, 6.45) is 0. The fourth-order valence-corrected chi connectivity index (χ4v) is 2.54. The number of nitrogen functional groups attached to an aromatic ring is 1. The lowest BCUT2D eigenvalue weighted by Gasteiger charge is -2.09. The molecule has 5 nitrogen and oxygen atoms in total. The van der Waals surface area contributed by atoms with Crippen LogP contribution < -0.4 is 5.73 Å².